The van der Waals surface area contributed by atoms with Crippen molar-refractivity contribution in [3.8, 4) is 22.7 Å². The van der Waals surface area contributed by atoms with Crippen LogP contribution in [0.1, 0.15) is 21.8 Å². The van der Waals surface area contributed by atoms with E-state index in [1.54, 1.807) is 31.2 Å². The number of aromatic nitrogens is 2. The van der Waals surface area contributed by atoms with Crippen molar-refractivity contribution in [1.29, 1.82) is 0 Å². The van der Waals surface area contributed by atoms with Crippen LogP contribution in [0.3, 0.4) is 0 Å². The van der Waals surface area contributed by atoms with E-state index >= 15 is 0 Å². The maximum atomic E-state index is 12.4. The lowest BCUT2D eigenvalue weighted by Gasteiger charge is -2.12. The number of rotatable bonds is 3. The van der Waals surface area contributed by atoms with Gasteiger partial charge in [-0.15, -0.1) is 0 Å². The van der Waals surface area contributed by atoms with Crippen molar-refractivity contribution >= 4 is 16.8 Å². The van der Waals surface area contributed by atoms with Crippen LogP contribution in [0, 0.1) is 13.8 Å². The number of fused-ring (bicyclic) bond motifs is 1. The third kappa shape index (κ3) is 2.27. The van der Waals surface area contributed by atoms with Gasteiger partial charge in [-0.3, -0.25) is 4.79 Å². The van der Waals surface area contributed by atoms with E-state index in [9.17, 15) is 9.90 Å². The number of phenols is 1. The number of hydrogen-bond acceptors (Lipinski definition) is 4. The van der Waals surface area contributed by atoms with Gasteiger partial charge in [0.1, 0.15) is 11.5 Å². The number of nitrogens with zero attached hydrogens (tertiary/aromatic N) is 2. The van der Waals surface area contributed by atoms with E-state index in [1.165, 1.54) is 0 Å². The third-order valence-corrected chi connectivity index (χ3v) is 4.50. The van der Waals surface area contributed by atoms with Gasteiger partial charge in [-0.05, 0) is 44.2 Å². The summed E-state index contributed by atoms with van der Waals surface area (Å²) in [7, 11) is 0. The first-order chi connectivity index (χ1) is 12.5. The predicted octanol–water partition coefficient (Wildman–Crippen LogP) is 3.71. The Balaban J connectivity index is 2.21. The molecule has 0 aliphatic carbocycles. The third-order valence-electron chi connectivity index (χ3n) is 4.50. The van der Waals surface area contributed by atoms with Crippen molar-refractivity contribution in [1.82, 2.24) is 9.72 Å². The molecule has 0 fully saturated rings. The Kier molecular flexibility index (Phi) is 3.54. The predicted molar refractivity (Wildman–Crippen MR) is 98.4 cm³/mol. The van der Waals surface area contributed by atoms with E-state index < -0.39 is 5.91 Å². The van der Waals surface area contributed by atoms with Crippen molar-refractivity contribution in [3.63, 3.8) is 0 Å². The van der Waals surface area contributed by atoms with E-state index in [4.69, 9.17) is 10.3 Å². The minimum atomic E-state index is -0.520. The standard InChI is InChI=1S/C20H17N3O3/c1-11-17(12(2)26-22-11)19-18(20(21)25)15-5-3-4-6-16(15)23(19)13-7-9-14(24)10-8-13/h3-10,24H,1-2H3,(H2,21,25). The number of amides is 1. The molecule has 26 heavy (non-hydrogen) atoms. The Hall–Kier alpha value is -3.54. The molecule has 0 saturated carbocycles. The highest BCUT2D eigenvalue weighted by Crippen LogP contribution is 2.39. The van der Waals surface area contributed by atoms with Crippen LogP contribution in [0.5, 0.6) is 5.75 Å². The van der Waals surface area contributed by atoms with Crippen LogP contribution in [0.15, 0.2) is 53.1 Å². The molecule has 3 N–H and O–H groups in total. The molecular weight excluding hydrogens is 330 g/mol. The Morgan fingerprint density at radius 1 is 1.12 bits per heavy atom. The summed E-state index contributed by atoms with van der Waals surface area (Å²) in [6.07, 6.45) is 0. The van der Waals surface area contributed by atoms with Gasteiger partial charge < -0.3 is 19.9 Å². The zero-order valence-corrected chi connectivity index (χ0v) is 14.4. The lowest BCUT2D eigenvalue weighted by Crippen LogP contribution is -2.13. The molecule has 6 nitrogen and oxygen atoms in total. The summed E-state index contributed by atoms with van der Waals surface area (Å²) in [6, 6.07) is 14.3. The number of phenolic OH excluding ortho intramolecular Hbond substituents is 1. The maximum absolute atomic E-state index is 12.4. The van der Waals surface area contributed by atoms with E-state index in [0.717, 1.165) is 22.2 Å². The summed E-state index contributed by atoms with van der Waals surface area (Å²) in [5, 5.41) is 14.4. The first-order valence-corrected chi connectivity index (χ1v) is 8.15. The summed E-state index contributed by atoms with van der Waals surface area (Å²) in [6.45, 7) is 3.63. The smallest absolute Gasteiger partial charge is 0.251 e. The van der Waals surface area contributed by atoms with Gasteiger partial charge in [-0.25, -0.2) is 0 Å². The second kappa shape index (κ2) is 5.77. The van der Waals surface area contributed by atoms with E-state index in [0.29, 0.717) is 22.7 Å². The molecule has 6 heteroatoms. The normalized spacial score (nSPS) is 11.2. The van der Waals surface area contributed by atoms with Crippen LogP contribution in [-0.2, 0) is 0 Å². The molecule has 0 spiro atoms. The second-order valence-corrected chi connectivity index (χ2v) is 6.16. The molecule has 2 aromatic carbocycles. The fourth-order valence-corrected chi connectivity index (χ4v) is 3.42. The first kappa shape index (κ1) is 16.0. The van der Waals surface area contributed by atoms with Crippen LogP contribution in [0.4, 0.5) is 0 Å². The van der Waals surface area contributed by atoms with Crippen LogP contribution in [0.25, 0.3) is 27.8 Å². The van der Waals surface area contributed by atoms with Crippen LogP contribution in [0.2, 0.25) is 0 Å². The van der Waals surface area contributed by atoms with Crippen molar-refractivity contribution in [3.05, 3.63) is 65.5 Å². The lowest BCUT2D eigenvalue weighted by atomic mass is 10.0. The van der Waals surface area contributed by atoms with Crippen molar-refractivity contribution < 1.29 is 14.4 Å². The molecule has 4 rings (SSSR count). The average molecular weight is 347 g/mol. The minimum Gasteiger partial charge on any atom is -0.508 e. The van der Waals surface area contributed by atoms with E-state index in [-0.39, 0.29) is 5.75 Å². The number of carbonyl (C=O) groups excluding carboxylic acids is 1. The molecule has 2 heterocycles. The first-order valence-electron chi connectivity index (χ1n) is 8.15. The fourth-order valence-electron chi connectivity index (χ4n) is 3.42. The molecule has 0 atom stereocenters. The molecule has 130 valence electrons. The highest BCUT2D eigenvalue weighted by Gasteiger charge is 2.27. The quantitative estimate of drug-likeness (QED) is 0.591. The van der Waals surface area contributed by atoms with Crippen LogP contribution < -0.4 is 5.73 Å². The molecule has 0 aliphatic rings. The molecule has 0 saturated heterocycles. The second-order valence-electron chi connectivity index (χ2n) is 6.16. The van der Waals surface area contributed by atoms with Gasteiger partial charge in [0.25, 0.3) is 5.91 Å². The number of aryl methyl sites for hydroxylation is 2. The van der Waals surface area contributed by atoms with Crippen LogP contribution in [-0.4, -0.2) is 20.7 Å². The highest BCUT2D eigenvalue weighted by molar-refractivity contribution is 6.13. The molecule has 4 aromatic rings. The number of carbonyl (C=O) groups is 1. The monoisotopic (exact) mass is 347 g/mol. The Morgan fingerprint density at radius 2 is 1.81 bits per heavy atom. The van der Waals surface area contributed by atoms with Crippen molar-refractivity contribution in [2.45, 2.75) is 13.8 Å². The number of primary amides is 1. The van der Waals surface area contributed by atoms with Gasteiger partial charge in [0.2, 0.25) is 0 Å². The van der Waals surface area contributed by atoms with Crippen molar-refractivity contribution in [2.75, 3.05) is 0 Å². The van der Waals surface area contributed by atoms with Gasteiger partial charge in [0, 0.05) is 11.1 Å². The fraction of sp³-hybridized carbons (Fsp3) is 0.100. The summed E-state index contributed by atoms with van der Waals surface area (Å²) in [5.74, 6) is 0.251. The minimum absolute atomic E-state index is 0.166. The van der Waals surface area contributed by atoms with E-state index in [1.807, 2.05) is 35.8 Å². The number of hydrogen-bond donors (Lipinski definition) is 2. The Morgan fingerprint density at radius 3 is 2.42 bits per heavy atom. The molecule has 2 aromatic heterocycles. The SMILES string of the molecule is Cc1noc(C)c1-c1c(C(N)=O)c2ccccc2n1-c1ccc(O)cc1. The lowest BCUT2D eigenvalue weighted by molar-refractivity contribution is 0.100. The summed E-state index contributed by atoms with van der Waals surface area (Å²) >= 11 is 0. The topological polar surface area (TPSA) is 94.3 Å². The van der Waals surface area contributed by atoms with E-state index in [2.05, 4.69) is 5.16 Å². The number of benzene rings is 2. The summed E-state index contributed by atoms with van der Waals surface area (Å²) in [4.78, 5) is 12.4. The average Bonchev–Trinajstić information content (AvgIpc) is 3.12. The van der Waals surface area contributed by atoms with Crippen molar-refractivity contribution in [2.24, 2.45) is 5.73 Å². The molecule has 0 bridgehead atoms. The van der Waals surface area contributed by atoms with Gasteiger partial charge in [0.05, 0.1) is 28.0 Å². The van der Waals surface area contributed by atoms with Gasteiger partial charge in [-0.1, -0.05) is 23.4 Å². The molecule has 0 radical (unpaired) electrons. The number of nitrogens with two attached hydrogens (primary N) is 1. The molecule has 1 amide bonds. The maximum Gasteiger partial charge on any atom is 0.251 e. The Labute approximate surface area is 149 Å². The summed E-state index contributed by atoms with van der Waals surface area (Å²) in [5.41, 5.74) is 9.86. The largest absolute Gasteiger partial charge is 0.508 e. The van der Waals surface area contributed by atoms with Gasteiger partial charge in [-0.2, -0.15) is 0 Å². The van der Waals surface area contributed by atoms with Gasteiger partial charge in [0.15, 0.2) is 0 Å². The molecular formula is C20H17N3O3. The number of para-hydroxylation sites is 1. The molecule has 0 unspecified atom stereocenters. The summed E-state index contributed by atoms with van der Waals surface area (Å²) < 4.78 is 7.28. The highest BCUT2D eigenvalue weighted by atomic mass is 16.5. The molecule has 0 aliphatic heterocycles. The number of aromatic hydroxyl groups is 1. The Bertz CT molecular complexity index is 1120. The van der Waals surface area contributed by atoms with Crippen LogP contribution >= 0.6 is 0 Å². The van der Waals surface area contributed by atoms with Gasteiger partial charge >= 0.3 is 0 Å². The zero-order chi connectivity index (χ0) is 18.4. The zero-order valence-electron chi connectivity index (χ0n) is 14.4.